The van der Waals surface area contributed by atoms with Crippen molar-refractivity contribution in [2.75, 3.05) is 0 Å². The second-order valence-electron chi connectivity index (χ2n) is 4.60. The molecular formula is C14H13F3N2O. The standard InChI is InChI=1S/C14H13F3N2O/c1-9-12(8-19(2)18-9)13(20)7-10-4-3-5-11(6-10)14(15,16)17/h3-6,8H,7H2,1-2H3. The molecule has 0 fully saturated rings. The van der Waals surface area contributed by atoms with Crippen LogP contribution in [0.25, 0.3) is 0 Å². The second-order valence-corrected chi connectivity index (χ2v) is 4.60. The molecule has 0 bridgehead atoms. The highest BCUT2D eigenvalue weighted by Gasteiger charge is 2.30. The normalized spacial score (nSPS) is 11.7. The van der Waals surface area contributed by atoms with E-state index in [2.05, 4.69) is 5.10 Å². The van der Waals surface area contributed by atoms with Crippen LogP contribution >= 0.6 is 0 Å². The Morgan fingerprint density at radius 3 is 2.60 bits per heavy atom. The average Bonchev–Trinajstić information content (AvgIpc) is 2.68. The largest absolute Gasteiger partial charge is 0.416 e. The maximum absolute atomic E-state index is 12.6. The van der Waals surface area contributed by atoms with Crippen molar-refractivity contribution in [2.45, 2.75) is 19.5 Å². The molecule has 6 heteroatoms. The maximum atomic E-state index is 12.6. The van der Waals surface area contributed by atoms with Crippen LogP contribution in [0.1, 0.15) is 27.2 Å². The number of hydrogen-bond acceptors (Lipinski definition) is 2. The summed E-state index contributed by atoms with van der Waals surface area (Å²) in [5.41, 5.74) is 0.605. The Morgan fingerprint density at radius 1 is 1.35 bits per heavy atom. The van der Waals surface area contributed by atoms with Crippen molar-refractivity contribution >= 4 is 5.78 Å². The average molecular weight is 282 g/mol. The van der Waals surface area contributed by atoms with E-state index in [9.17, 15) is 18.0 Å². The number of hydrogen-bond donors (Lipinski definition) is 0. The zero-order chi connectivity index (χ0) is 14.9. The van der Waals surface area contributed by atoms with Crippen LogP contribution in [-0.2, 0) is 19.6 Å². The van der Waals surface area contributed by atoms with Gasteiger partial charge in [-0.05, 0) is 18.6 Å². The molecule has 0 radical (unpaired) electrons. The summed E-state index contributed by atoms with van der Waals surface area (Å²) in [6, 6.07) is 4.81. The van der Waals surface area contributed by atoms with Gasteiger partial charge in [0.1, 0.15) is 0 Å². The molecule has 3 nitrogen and oxygen atoms in total. The molecule has 0 aliphatic carbocycles. The highest BCUT2D eigenvalue weighted by molar-refractivity contribution is 5.98. The number of aryl methyl sites for hydroxylation is 2. The van der Waals surface area contributed by atoms with Gasteiger partial charge in [0.15, 0.2) is 5.78 Å². The fraction of sp³-hybridized carbons (Fsp3) is 0.286. The smallest absolute Gasteiger partial charge is 0.294 e. The Labute approximate surface area is 114 Å². The van der Waals surface area contributed by atoms with E-state index in [-0.39, 0.29) is 12.2 Å². The van der Waals surface area contributed by atoms with E-state index >= 15 is 0 Å². The van der Waals surface area contributed by atoms with E-state index in [1.807, 2.05) is 0 Å². The first kappa shape index (κ1) is 14.3. The van der Waals surface area contributed by atoms with Crippen molar-refractivity contribution < 1.29 is 18.0 Å². The number of carbonyl (C=O) groups excluding carboxylic acids is 1. The minimum absolute atomic E-state index is 0.0730. The van der Waals surface area contributed by atoms with Crippen LogP contribution in [0.4, 0.5) is 13.2 Å². The highest BCUT2D eigenvalue weighted by Crippen LogP contribution is 2.29. The predicted molar refractivity (Wildman–Crippen MR) is 67.4 cm³/mol. The van der Waals surface area contributed by atoms with Gasteiger partial charge in [-0.2, -0.15) is 18.3 Å². The Morgan fingerprint density at radius 2 is 2.05 bits per heavy atom. The van der Waals surface area contributed by atoms with Gasteiger partial charge in [-0.25, -0.2) is 0 Å². The molecule has 0 atom stereocenters. The van der Waals surface area contributed by atoms with E-state index < -0.39 is 11.7 Å². The summed E-state index contributed by atoms with van der Waals surface area (Å²) in [7, 11) is 1.69. The number of rotatable bonds is 3. The molecule has 106 valence electrons. The van der Waals surface area contributed by atoms with Crippen LogP contribution in [0.5, 0.6) is 0 Å². The highest BCUT2D eigenvalue weighted by atomic mass is 19.4. The fourth-order valence-electron chi connectivity index (χ4n) is 2.01. The lowest BCUT2D eigenvalue weighted by atomic mass is 10.0. The van der Waals surface area contributed by atoms with Crippen molar-refractivity contribution in [1.29, 1.82) is 0 Å². The van der Waals surface area contributed by atoms with E-state index in [4.69, 9.17) is 0 Å². The van der Waals surface area contributed by atoms with Gasteiger partial charge < -0.3 is 0 Å². The number of aromatic nitrogens is 2. The fourth-order valence-corrected chi connectivity index (χ4v) is 2.01. The molecule has 0 aliphatic rings. The molecule has 0 spiro atoms. The lowest BCUT2D eigenvalue weighted by molar-refractivity contribution is -0.137. The van der Waals surface area contributed by atoms with E-state index in [1.54, 1.807) is 20.2 Å². The van der Waals surface area contributed by atoms with Crippen LogP contribution in [-0.4, -0.2) is 15.6 Å². The van der Waals surface area contributed by atoms with Crippen LogP contribution in [0.3, 0.4) is 0 Å². The zero-order valence-corrected chi connectivity index (χ0v) is 11.0. The first-order valence-corrected chi connectivity index (χ1v) is 5.97. The molecular weight excluding hydrogens is 269 g/mol. The number of alkyl halides is 3. The number of ketones is 1. The summed E-state index contributed by atoms with van der Waals surface area (Å²) in [6.07, 6.45) is -2.90. The second kappa shape index (κ2) is 5.11. The molecule has 1 aromatic carbocycles. The molecule has 2 aromatic rings. The van der Waals surface area contributed by atoms with Gasteiger partial charge in [0, 0.05) is 19.7 Å². The topological polar surface area (TPSA) is 34.9 Å². The number of benzene rings is 1. The maximum Gasteiger partial charge on any atom is 0.416 e. The first-order valence-electron chi connectivity index (χ1n) is 5.97. The summed E-state index contributed by atoms with van der Waals surface area (Å²) in [4.78, 5) is 12.1. The monoisotopic (exact) mass is 282 g/mol. The molecule has 1 aromatic heterocycles. The van der Waals surface area contributed by atoms with Gasteiger partial charge >= 0.3 is 6.18 Å². The summed E-state index contributed by atoms with van der Waals surface area (Å²) in [6.45, 7) is 1.69. The quantitative estimate of drug-likeness (QED) is 0.810. The van der Waals surface area contributed by atoms with Gasteiger partial charge in [0.05, 0.1) is 16.8 Å². The van der Waals surface area contributed by atoms with E-state index in [0.29, 0.717) is 16.8 Å². The Bertz CT molecular complexity index is 644. The predicted octanol–water partition coefficient (Wildman–Crippen LogP) is 3.17. The van der Waals surface area contributed by atoms with E-state index in [1.165, 1.54) is 16.8 Å². The van der Waals surface area contributed by atoms with Gasteiger partial charge in [0.2, 0.25) is 0 Å². The molecule has 1 heterocycles. The number of halogens is 3. The minimum atomic E-state index is -4.40. The molecule has 0 aliphatic heterocycles. The number of carbonyl (C=O) groups is 1. The SMILES string of the molecule is Cc1nn(C)cc1C(=O)Cc1cccc(C(F)(F)F)c1. The lowest BCUT2D eigenvalue weighted by Crippen LogP contribution is -2.08. The van der Waals surface area contributed by atoms with Crippen molar-refractivity contribution in [3.05, 3.63) is 52.8 Å². The van der Waals surface area contributed by atoms with E-state index in [0.717, 1.165) is 12.1 Å². The van der Waals surface area contributed by atoms with Crippen LogP contribution in [0, 0.1) is 6.92 Å². The molecule has 20 heavy (non-hydrogen) atoms. The Hall–Kier alpha value is -2.11. The Balaban J connectivity index is 2.22. The van der Waals surface area contributed by atoms with Crippen LogP contribution in [0.15, 0.2) is 30.5 Å². The van der Waals surface area contributed by atoms with Crippen molar-refractivity contribution in [1.82, 2.24) is 9.78 Å². The van der Waals surface area contributed by atoms with Crippen molar-refractivity contribution in [2.24, 2.45) is 7.05 Å². The van der Waals surface area contributed by atoms with Gasteiger partial charge in [-0.15, -0.1) is 0 Å². The van der Waals surface area contributed by atoms with Gasteiger partial charge in [0.25, 0.3) is 0 Å². The minimum Gasteiger partial charge on any atom is -0.294 e. The molecule has 0 saturated carbocycles. The third kappa shape index (κ3) is 3.07. The third-order valence-corrected chi connectivity index (χ3v) is 2.93. The molecule has 0 N–H and O–H groups in total. The molecule has 0 amide bonds. The van der Waals surface area contributed by atoms with Crippen molar-refractivity contribution in [3.63, 3.8) is 0 Å². The van der Waals surface area contributed by atoms with Gasteiger partial charge in [-0.1, -0.05) is 18.2 Å². The molecule has 0 unspecified atom stereocenters. The van der Waals surface area contributed by atoms with Crippen LogP contribution < -0.4 is 0 Å². The summed E-state index contributed by atoms with van der Waals surface area (Å²) in [5, 5.41) is 4.05. The summed E-state index contributed by atoms with van der Waals surface area (Å²) < 4.78 is 39.3. The summed E-state index contributed by atoms with van der Waals surface area (Å²) >= 11 is 0. The molecule has 0 saturated heterocycles. The summed E-state index contributed by atoms with van der Waals surface area (Å²) in [5.74, 6) is -0.241. The third-order valence-electron chi connectivity index (χ3n) is 2.93. The van der Waals surface area contributed by atoms with Crippen molar-refractivity contribution in [3.8, 4) is 0 Å². The molecule has 2 rings (SSSR count). The van der Waals surface area contributed by atoms with Gasteiger partial charge in [-0.3, -0.25) is 9.48 Å². The Kier molecular flexibility index (Phi) is 3.65. The van der Waals surface area contributed by atoms with Crippen LogP contribution in [0.2, 0.25) is 0 Å². The zero-order valence-electron chi connectivity index (χ0n) is 11.0. The first-order chi connectivity index (χ1) is 9.27. The number of nitrogens with zero attached hydrogens (tertiary/aromatic N) is 2. The number of Topliss-reactive ketones (excluding diaryl/α,β-unsaturated/α-hetero) is 1. The lowest BCUT2D eigenvalue weighted by Gasteiger charge is -2.08.